The summed E-state index contributed by atoms with van der Waals surface area (Å²) in [5, 5.41) is 26.4. The van der Waals surface area contributed by atoms with E-state index in [1.165, 1.54) is 12.7 Å². The zero-order valence-corrected chi connectivity index (χ0v) is 61.6. The maximum absolute atomic E-state index is 14.6. The van der Waals surface area contributed by atoms with Crippen LogP contribution < -0.4 is 39.2 Å². The number of aliphatic hydroxyl groups is 1. The van der Waals surface area contributed by atoms with E-state index in [1.807, 2.05) is 78.7 Å². The van der Waals surface area contributed by atoms with Crippen molar-refractivity contribution >= 4 is 58.5 Å². The molecule has 0 bridgehead atoms. The maximum atomic E-state index is 14.6. The van der Waals surface area contributed by atoms with Crippen molar-refractivity contribution in [3.05, 3.63) is 166 Å². The third-order valence-corrected chi connectivity index (χ3v) is 22.2. The van der Waals surface area contributed by atoms with Gasteiger partial charge in [-0.15, -0.1) is 5.10 Å². The van der Waals surface area contributed by atoms with E-state index >= 15 is 0 Å². The van der Waals surface area contributed by atoms with Crippen molar-refractivity contribution in [3.8, 4) is 51.3 Å². The first kappa shape index (κ1) is 74.5. The Labute approximate surface area is 621 Å². The van der Waals surface area contributed by atoms with Gasteiger partial charge in [0.2, 0.25) is 17.7 Å². The van der Waals surface area contributed by atoms with E-state index in [0.29, 0.717) is 71.9 Å². The Bertz CT molecular complexity index is 4570. The third kappa shape index (κ3) is 16.2. The summed E-state index contributed by atoms with van der Waals surface area (Å²) in [6.07, 6.45) is 3.07. The molecule has 24 nitrogen and oxygen atoms in total. The molecule has 7 atom stereocenters. The number of carbonyl (C=O) groups is 9. The van der Waals surface area contributed by atoms with Gasteiger partial charge in [-0.3, -0.25) is 43.2 Å². The molecule has 560 valence electrons. The number of methoxy groups -OCH3 is 3. The summed E-state index contributed by atoms with van der Waals surface area (Å²) in [4.78, 5) is 129. The minimum atomic E-state index is -1.31. The lowest BCUT2D eigenvalue weighted by Crippen LogP contribution is -2.44. The number of ether oxygens (including phenoxy) is 6. The molecule has 1 aromatic heterocycles. The Morgan fingerprint density at radius 1 is 0.701 bits per heavy atom. The summed E-state index contributed by atoms with van der Waals surface area (Å²) in [6, 6.07) is 35.5. The van der Waals surface area contributed by atoms with Crippen molar-refractivity contribution < 1.29 is 76.7 Å². The van der Waals surface area contributed by atoms with E-state index in [-0.39, 0.29) is 147 Å². The molecule has 0 radical (unpaired) electrons. The molecule has 1 aliphatic carbocycles. The molecule has 2 unspecified atom stereocenters. The van der Waals surface area contributed by atoms with Gasteiger partial charge in [-0.2, -0.15) is 0 Å². The number of benzene rings is 6. The van der Waals surface area contributed by atoms with E-state index < -0.39 is 53.6 Å². The van der Waals surface area contributed by atoms with Crippen molar-refractivity contribution in [1.29, 1.82) is 0 Å². The molecular formula is C83H92N8O16. The molecule has 5 aliphatic heterocycles. The van der Waals surface area contributed by atoms with Crippen LogP contribution in [0.4, 0.5) is 5.69 Å². The predicted octanol–water partition coefficient (Wildman–Crippen LogP) is 9.80. The maximum Gasteiger partial charge on any atom is 0.316 e. The first-order valence-electron chi connectivity index (χ1n) is 37.0. The van der Waals surface area contributed by atoms with Gasteiger partial charge < -0.3 is 58.9 Å². The highest BCUT2D eigenvalue weighted by molar-refractivity contribution is 6.03. The van der Waals surface area contributed by atoms with Gasteiger partial charge in [0.1, 0.15) is 29.8 Å². The Kier molecular flexibility index (Phi) is 22.4. The summed E-state index contributed by atoms with van der Waals surface area (Å²) in [6.45, 7) is 6.29. The van der Waals surface area contributed by atoms with Crippen LogP contribution in [0, 0.1) is 17.3 Å². The molecule has 1 saturated carbocycles. The first-order chi connectivity index (χ1) is 51.6. The van der Waals surface area contributed by atoms with Gasteiger partial charge in [0.05, 0.1) is 77.2 Å². The van der Waals surface area contributed by atoms with Crippen LogP contribution in [0.15, 0.2) is 121 Å². The Morgan fingerprint density at radius 2 is 1.37 bits per heavy atom. The number of para-hydroxylation sites is 1. The number of rotatable bonds is 29. The molecule has 107 heavy (non-hydrogen) atoms. The molecule has 1 spiro atoms. The van der Waals surface area contributed by atoms with E-state index in [4.69, 9.17) is 28.4 Å². The van der Waals surface area contributed by atoms with Gasteiger partial charge in [0.25, 0.3) is 11.8 Å². The summed E-state index contributed by atoms with van der Waals surface area (Å²) >= 11 is 0. The summed E-state index contributed by atoms with van der Waals surface area (Å²) in [7, 11) is 6.49. The minimum Gasteiger partial charge on any atom is -0.497 e. The Hall–Kier alpha value is -10.8. The van der Waals surface area contributed by atoms with E-state index in [2.05, 4.69) is 33.1 Å². The SMILES string of the molecule is COc1ccc(C2C[C@H]3CCc4cc(OCCCOc5cc6c(cc5OC)C(=O)N5CC7(CC7)C[C@H]5[C@H](O)C6C(=O)OCc5ccc(CC(=O)[C@H](C)NC(=O)[C@@H](CC(=O)CNC(=O)CCC(=O)CCC(=O)N6Cc7ccccc7-c7c(nnn7C)-c7ccccc76)C(C)C)cc5)c(OC)cc4C(=O)N3C2)cc1. The van der Waals surface area contributed by atoms with Crippen molar-refractivity contribution in [2.75, 3.05) is 59.1 Å². The van der Waals surface area contributed by atoms with Gasteiger partial charge in [0, 0.05) is 105 Å². The van der Waals surface area contributed by atoms with Crippen LogP contribution in [0.1, 0.15) is 157 Å². The molecule has 5 amide bonds. The number of ketones is 3. The number of esters is 1. The number of amides is 5. The highest BCUT2D eigenvalue weighted by Gasteiger charge is 2.58. The number of fused-ring (bicyclic) bond motifs is 9. The third-order valence-electron chi connectivity index (χ3n) is 22.2. The normalized spacial score (nSPS) is 19.1. The monoisotopic (exact) mass is 1460 g/mol. The van der Waals surface area contributed by atoms with Crippen molar-refractivity contribution in [1.82, 2.24) is 35.4 Å². The topological polar surface area (TPSA) is 294 Å². The highest BCUT2D eigenvalue weighted by atomic mass is 16.5. The van der Waals surface area contributed by atoms with E-state index in [9.17, 15) is 48.3 Å². The Morgan fingerprint density at radius 3 is 2.08 bits per heavy atom. The number of anilines is 1. The molecule has 13 rings (SSSR count). The van der Waals surface area contributed by atoms with Gasteiger partial charge in [-0.25, -0.2) is 4.68 Å². The smallest absolute Gasteiger partial charge is 0.316 e. The van der Waals surface area contributed by atoms with Gasteiger partial charge in [0.15, 0.2) is 34.6 Å². The number of aliphatic hydroxyl groups excluding tert-OH is 1. The van der Waals surface area contributed by atoms with Crippen molar-refractivity contribution in [2.45, 2.75) is 153 Å². The van der Waals surface area contributed by atoms with Gasteiger partial charge >= 0.3 is 5.97 Å². The zero-order valence-electron chi connectivity index (χ0n) is 61.6. The number of nitrogens with zero attached hydrogens (tertiary/aromatic N) is 6. The van der Waals surface area contributed by atoms with Crippen LogP contribution in [0.5, 0.6) is 28.7 Å². The number of hydrogen-bond acceptors (Lipinski definition) is 18. The molecule has 3 fully saturated rings. The standard InChI is InChI=1S/C83H92N8O16/c1-48(2)62(38-58(93)43-84-73(95)29-25-57(92)26-30-74(96)90-44-54-13-8-9-14-60(54)77-76(86-87-88(77)4)61-15-10-11-16-66(61)90)79(98)85-49(3)68(94)35-50-17-19-51(20-18-50)46-107-82(101)75-64-40-72(70(104-7)41-65(64)81(100)91-47-83(31-32-83)42-67(91)78(75)97)106-34-12-33-105-71-37-53-21-24-56-36-55(52-22-27-59(102-5)28-23-52)45-89(56)80(99)63(53)39-69(71)103-6/h8-11,13-20,22-23,27-28,37,39-41,48-49,55-56,62,67,75,78,97H,12,21,24-26,29-36,38,42-47H2,1-7H3,(H,84,95)(H,85,98)/t49-,55?,56+,62-,67-,75?,78-/m0/s1. The lowest BCUT2D eigenvalue weighted by Gasteiger charge is -2.28. The summed E-state index contributed by atoms with van der Waals surface area (Å²) in [5.41, 5.74) is 8.88. The quantitative estimate of drug-likeness (QED) is 0.0290. The van der Waals surface area contributed by atoms with Crippen LogP contribution in [0.25, 0.3) is 22.5 Å². The number of carbonyl (C=O) groups excluding carboxylic acids is 9. The second kappa shape index (κ2) is 32.1. The van der Waals surface area contributed by atoms with Gasteiger partial charge in [-0.1, -0.05) is 97.9 Å². The van der Waals surface area contributed by atoms with E-state index in [0.717, 1.165) is 59.4 Å². The molecule has 6 heterocycles. The number of Topliss-reactive ketones (excluding diaryl/α,β-unsaturated/α-hetero) is 3. The molecule has 3 N–H and O–H groups in total. The van der Waals surface area contributed by atoms with Gasteiger partial charge in [-0.05, 0) is 133 Å². The van der Waals surface area contributed by atoms with Crippen molar-refractivity contribution in [2.24, 2.45) is 24.3 Å². The Balaban J connectivity index is 0.567. The molecule has 6 aromatic carbocycles. The fourth-order valence-corrected chi connectivity index (χ4v) is 15.9. The van der Waals surface area contributed by atoms with Crippen molar-refractivity contribution in [3.63, 3.8) is 0 Å². The summed E-state index contributed by atoms with van der Waals surface area (Å²) in [5.74, 6) is -3.29. The molecule has 2 saturated heterocycles. The number of nitrogens with one attached hydrogen (secondary N) is 2. The van der Waals surface area contributed by atoms with Crippen LogP contribution >= 0.6 is 0 Å². The fourth-order valence-electron chi connectivity index (χ4n) is 15.9. The fraction of sp³-hybridized carbons (Fsp3) is 0.434. The number of aromatic nitrogens is 3. The lowest BCUT2D eigenvalue weighted by atomic mass is 9.85. The van der Waals surface area contributed by atoms with E-state index in [1.54, 1.807) is 91.9 Å². The predicted molar refractivity (Wildman–Crippen MR) is 395 cm³/mol. The number of hydrogen-bond donors (Lipinski definition) is 3. The second-order valence-electron chi connectivity index (χ2n) is 29.6. The van der Waals surface area contributed by atoms with Crippen LogP contribution in [0.2, 0.25) is 0 Å². The second-order valence-corrected chi connectivity index (χ2v) is 29.6. The zero-order chi connectivity index (χ0) is 75.4. The van der Waals surface area contributed by atoms with Crippen LogP contribution in [-0.4, -0.2) is 161 Å². The average Bonchev–Trinajstić information content (AvgIpc) is 1.57. The molecule has 7 aromatic rings. The van der Waals surface area contributed by atoms with Crippen LogP contribution in [-0.2, 0) is 71.3 Å². The highest BCUT2D eigenvalue weighted by Crippen LogP contribution is 2.57. The molecular weight excluding hydrogens is 1360 g/mol. The molecule has 6 aliphatic rings. The lowest BCUT2D eigenvalue weighted by molar-refractivity contribution is -0.150. The number of aryl methyl sites for hydroxylation is 2. The van der Waals surface area contributed by atoms with Crippen LogP contribution in [0.3, 0.4) is 0 Å². The first-order valence-corrected chi connectivity index (χ1v) is 37.0. The minimum absolute atomic E-state index is 0.0202. The largest absolute Gasteiger partial charge is 0.497 e. The average molecular weight is 1460 g/mol. The molecule has 24 heteroatoms. The summed E-state index contributed by atoms with van der Waals surface area (Å²) < 4.78 is 37.3.